The Morgan fingerprint density at radius 3 is 2.54 bits per heavy atom. The number of halogens is 2. The van der Waals surface area contributed by atoms with E-state index in [0.717, 1.165) is 6.08 Å². The molecule has 0 heterocycles. The number of methoxy groups -OCH3 is 1. The highest BCUT2D eigenvalue weighted by molar-refractivity contribution is 5.82. The van der Waals surface area contributed by atoms with Gasteiger partial charge in [0.15, 0.2) is 0 Å². The van der Waals surface area contributed by atoms with Crippen LogP contribution in [0.3, 0.4) is 0 Å². The fraction of sp³-hybridized carbons (Fsp3) is 0.625. The van der Waals surface area contributed by atoms with E-state index in [9.17, 15) is 13.6 Å². The van der Waals surface area contributed by atoms with Crippen molar-refractivity contribution in [1.29, 1.82) is 0 Å². The summed E-state index contributed by atoms with van der Waals surface area (Å²) in [6, 6.07) is 0. The average Bonchev–Trinajstić information content (AvgIpc) is 2.04. The first-order valence-electron chi connectivity index (χ1n) is 3.70. The van der Waals surface area contributed by atoms with Crippen LogP contribution in [-0.2, 0) is 14.3 Å². The molecule has 0 unspecified atom stereocenters. The number of allylic oxidation sites excluding steroid dienone is 1. The number of rotatable bonds is 5. The van der Waals surface area contributed by atoms with Crippen molar-refractivity contribution < 1.29 is 23.0 Å². The van der Waals surface area contributed by atoms with Crippen molar-refractivity contribution in [3.63, 3.8) is 0 Å². The molecule has 3 nitrogen and oxygen atoms in total. The second-order valence-corrected chi connectivity index (χ2v) is 2.35. The molecular weight excluding hydrogens is 182 g/mol. The first-order valence-corrected chi connectivity index (χ1v) is 3.70. The number of alkyl halides is 2. The van der Waals surface area contributed by atoms with E-state index >= 15 is 0 Å². The molecule has 0 bridgehead atoms. The van der Waals surface area contributed by atoms with Crippen LogP contribution in [0.25, 0.3) is 0 Å². The summed E-state index contributed by atoms with van der Waals surface area (Å²) in [7, 11) is 1.45. The summed E-state index contributed by atoms with van der Waals surface area (Å²) in [4.78, 5) is 10.7. The van der Waals surface area contributed by atoms with E-state index in [-0.39, 0.29) is 18.8 Å². The van der Waals surface area contributed by atoms with Gasteiger partial charge in [0.05, 0.1) is 6.61 Å². The van der Waals surface area contributed by atoms with E-state index in [2.05, 4.69) is 9.47 Å². The summed E-state index contributed by atoms with van der Waals surface area (Å²) < 4.78 is 32.9. The number of carbonyl (C=O) groups is 1. The van der Waals surface area contributed by atoms with Gasteiger partial charge in [-0.1, -0.05) is 0 Å². The Hall–Kier alpha value is -0.970. The lowest BCUT2D eigenvalue weighted by Gasteiger charge is -2.01. The van der Waals surface area contributed by atoms with Gasteiger partial charge in [-0.05, 0) is 12.5 Å². The standard InChI is InChI=1S/C8H12F2O3/c1-6(8(9)10)5-7(11)13-4-3-12-2/h5,8H,3-4H2,1-2H3/b6-5+. The molecule has 0 saturated carbocycles. The number of carbonyl (C=O) groups excluding carboxylic acids is 1. The van der Waals surface area contributed by atoms with Crippen LogP contribution in [0.1, 0.15) is 6.92 Å². The third-order valence-electron chi connectivity index (χ3n) is 1.22. The molecule has 0 saturated heterocycles. The lowest BCUT2D eigenvalue weighted by Crippen LogP contribution is -2.08. The largest absolute Gasteiger partial charge is 0.460 e. The molecule has 0 radical (unpaired) electrons. The van der Waals surface area contributed by atoms with Crippen molar-refractivity contribution in [3.8, 4) is 0 Å². The smallest absolute Gasteiger partial charge is 0.330 e. The first-order chi connectivity index (χ1) is 6.07. The van der Waals surface area contributed by atoms with Crippen molar-refractivity contribution in [1.82, 2.24) is 0 Å². The Bertz CT molecular complexity index is 190. The lowest BCUT2D eigenvalue weighted by molar-refractivity contribution is -0.139. The van der Waals surface area contributed by atoms with Crippen molar-refractivity contribution in [2.24, 2.45) is 0 Å². The summed E-state index contributed by atoms with van der Waals surface area (Å²) in [5.41, 5.74) is -0.303. The number of ether oxygens (including phenoxy) is 2. The second kappa shape index (κ2) is 6.54. The number of hydrogen-bond donors (Lipinski definition) is 0. The van der Waals surface area contributed by atoms with Crippen LogP contribution in [0.5, 0.6) is 0 Å². The SMILES string of the molecule is COCCOC(=O)/C=C(\C)C(F)F. The molecule has 0 aliphatic heterocycles. The summed E-state index contributed by atoms with van der Waals surface area (Å²) in [6.07, 6.45) is -1.84. The first kappa shape index (κ1) is 12.0. The minimum absolute atomic E-state index is 0.0718. The topological polar surface area (TPSA) is 35.5 Å². The maximum Gasteiger partial charge on any atom is 0.330 e. The highest BCUT2D eigenvalue weighted by Crippen LogP contribution is 2.06. The third kappa shape index (κ3) is 6.21. The summed E-state index contributed by atoms with van der Waals surface area (Å²) in [6.45, 7) is 1.50. The molecular formula is C8H12F2O3. The van der Waals surface area contributed by atoms with Gasteiger partial charge in [-0.25, -0.2) is 13.6 Å². The molecule has 0 N–H and O–H groups in total. The molecule has 0 aliphatic rings. The van der Waals surface area contributed by atoms with Crippen molar-refractivity contribution >= 4 is 5.97 Å². The van der Waals surface area contributed by atoms with Crippen molar-refractivity contribution in [2.45, 2.75) is 13.3 Å². The predicted molar refractivity (Wildman–Crippen MR) is 42.6 cm³/mol. The van der Waals surface area contributed by atoms with E-state index in [1.54, 1.807) is 0 Å². The van der Waals surface area contributed by atoms with Crippen LogP contribution < -0.4 is 0 Å². The predicted octanol–water partition coefficient (Wildman–Crippen LogP) is 1.39. The summed E-state index contributed by atoms with van der Waals surface area (Å²) in [5, 5.41) is 0. The average molecular weight is 194 g/mol. The Labute approximate surface area is 75.3 Å². The molecule has 0 aliphatic carbocycles. The summed E-state index contributed by atoms with van der Waals surface area (Å²) in [5.74, 6) is -0.769. The molecule has 0 aromatic rings. The van der Waals surface area contributed by atoms with Gasteiger partial charge in [0.1, 0.15) is 6.61 Å². The number of hydrogen-bond acceptors (Lipinski definition) is 3. The lowest BCUT2D eigenvalue weighted by atomic mass is 10.3. The van der Waals surface area contributed by atoms with Crippen molar-refractivity contribution in [3.05, 3.63) is 11.6 Å². The molecule has 13 heavy (non-hydrogen) atoms. The monoisotopic (exact) mass is 194 g/mol. The molecule has 0 spiro atoms. The van der Waals surface area contributed by atoms with Crippen LogP contribution in [0.2, 0.25) is 0 Å². The fourth-order valence-electron chi connectivity index (χ4n) is 0.516. The second-order valence-electron chi connectivity index (χ2n) is 2.35. The van der Waals surface area contributed by atoms with E-state index in [0.29, 0.717) is 0 Å². The third-order valence-corrected chi connectivity index (χ3v) is 1.22. The minimum Gasteiger partial charge on any atom is -0.460 e. The molecule has 0 rings (SSSR count). The molecule has 0 aromatic heterocycles. The van der Waals surface area contributed by atoms with Gasteiger partial charge in [0.2, 0.25) is 0 Å². The Kier molecular flexibility index (Phi) is 6.05. The normalized spacial score (nSPS) is 11.9. The van der Waals surface area contributed by atoms with Crippen LogP contribution >= 0.6 is 0 Å². The van der Waals surface area contributed by atoms with Gasteiger partial charge in [0.25, 0.3) is 6.43 Å². The minimum atomic E-state index is -2.62. The quantitative estimate of drug-likeness (QED) is 0.377. The molecule has 0 fully saturated rings. The zero-order chi connectivity index (χ0) is 10.3. The molecule has 5 heteroatoms. The fourth-order valence-corrected chi connectivity index (χ4v) is 0.516. The highest BCUT2D eigenvalue weighted by atomic mass is 19.3. The zero-order valence-corrected chi connectivity index (χ0v) is 7.55. The van der Waals surface area contributed by atoms with Gasteiger partial charge in [-0.3, -0.25) is 0 Å². The Balaban J connectivity index is 3.79. The molecule has 0 amide bonds. The van der Waals surface area contributed by atoms with E-state index in [1.165, 1.54) is 14.0 Å². The maximum atomic E-state index is 11.9. The van der Waals surface area contributed by atoms with Crippen molar-refractivity contribution in [2.75, 3.05) is 20.3 Å². The van der Waals surface area contributed by atoms with Gasteiger partial charge >= 0.3 is 5.97 Å². The molecule has 0 aromatic carbocycles. The zero-order valence-electron chi connectivity index (χ0n) is 7.55. The van der Waals surface area contributed by atoms with E-state index in [1.807, 2.05) is 0 Å². The molecule has 0 atom stereocenters. The Morgan fingerprint density at radius 1 is 1.46 bits per heavy atom. The van der Waals surface area contributed by atoms with Gasteiger partial charge < -0.3 is 9.47 Å². The van der Waals surface area contributed by atoms with Crippen LogP contribution in [0.4, 0.5) is 8.78 Å². The highest BCUT2D eigenvalue weighted by Gasteiger charge is 2.07. The van der Waals surface area contributed by atoms with Crippen LogP contribution in [0.15, 0.2) is 11.6 Å². The Morgan fingerprint density at radius 2 is 2.08 bits per heavy atom. The van der Waals surface area contributed by atoms with E-state index < -0.39 is 12.4 Å². The maximum absolute atomic E-state index is 11.9. The molecule has 76 valence electrons. The van der Waals surface area contributed by atoms with Gasteiger partial charge in [0, 0.05) is 13.2 Å². The summed E-state index contributed by atoms with van der Waals surface area (Å²) >= 11 is 0. The van der Waals surface area contributed by atoms with Crippen LogP contribution in [0, 0.1) is 0 Å². The van der Waals surface area contributed by atoms with Gasteiger partial charge in [-0.15, -0.1) is 0 Å². The number of esters is 1. The van der Waals surface area contributed by atoms with E-state index in [4.69, 9.17) is 0 Å². The van der Waals surface area contributed by atoms with Crippen LogP contribution in [-0.4, -0.2) is 32.7 Å². The van der Waals surface area contributed by atoms with Gasteiger partial charge in [-0.2, -0.15) is 0 Å².